The van der Waals surface area contributed by atoms with E-state index in [1.165, 1.54) is 0 Å². The van der Waals surface area contributed by atoms with Gasteiger partial charge in [0.15, 0.2) is 0 Å². The molecule has 2 saturated heterocycles. The van der Waals surface area contributed by atoms with Gasteiger partial charge in [0, 0.05) is 0 Å². The average molecular weight is 382 g/mol. The maximum atomic E-state index is 12.6. The number of hydrogen-bond donors (Lipinski definition) is 0. The minimum absolute atomic E-state index is 0.0556. The molecule has 0 aromatic carbocycles. The summed E-state index contributed by atoms with van der Waals surface area (Å²) in [5.41, 5.74) is 0. The van der Waals surface area contributed by atoms with E-state index >= 15 is 0 Å². The molecule has 0 aromatic heterocycles. The Labute approximate surface area is 115 Å². The molecule has 2 aliphatic heterocycles. The summed E-state index contributed by atoms with van der Waals surface area (Å²) in [4.78, 5) is 9.07. The molecular formula is C12H25NO3SSn. The number of sulfone groups is 1. The normalized spacial score (nSPS) is 36.1. The van der Waals surface area contributed by atoms with E-state index in [1.807, 2.05) is 13.8 Å². The second kappa shape index (κ2) is 4.60. The Hall–Kier alpha value is 0.669. The maximum absolute atomic E-state index is 12.6. The van der Waals surface area contributed by atoms with Crippen LogP contribution in [0.1, 0.15) is 13.8 Å². The van der Waals surface area contributed by atoms with Gasteiger partial charge in [0.05, 0.1) is 0 Å². The molecule has 0 amide bonds. The third-order valence-corrected chi connectivity index (χ3v) is 20.2. The fourth-order valence-electron chi connectivity index (χ4n) is 3.38. The van der Waals surface area contributed by atoms with Crippen molar-refractivity contribution in [3.8, 4) is 0 Å². The quantitative estimate of drug-likeness (QED) is 0.673. The van der Waals surface area contributed by atoms with Gasteiger partial charge in [-0.15, -0.1) is 0 Å². The molecule has 0 aromatic rings. The third kappa shape index (κ3) is 2.15. The summed E-state index contributed by atoms with van der Waals surface area (Å²) in [7, 11) is -2.95. The first-order chi connectivity index (χ1) is 8.10. The van der Waals surface area contributed by atoms with Gasteiger partial charge >= 0.3 is 115 Å². The van der Waals surface area contributed by atoms with Crippen LogP contribution in [-0.4, -0.2) is 72.1 Å². The van der Waals surface area contributed by atoms with Crippen LogP contribution >= 0.6 is 0 Å². The fraction of sp³-hybridized carbons (Fsp3) is 1.00. The van der Waals surface area contributed by atoms with Crippen molar-refractivity contribution in [1.29, 1.82) is 0 Å². The molecule has 0 aliphatic carbocycles. The van der Waals surface area contributed by atoms with Gasteiger partial charge in [-0.25, -0.2) is 0 Å². The van der Waals surface area contributed by atoms with Crippen LogP contribution in [0.25, 0.3) is 0 Å². The van der Waals surface area contributed by atoms with Crippen molar-refractivity contribution in [3.05, 3.63) is 0 Å². The molecule has 0 saturated carbocycles. The van der Waals surface area contributed by atoms with Gasteiger partial charge in [0.25, 0.3) is 0 Å². The van der Waals surface area contributed by atoms with Crippen LogP contribution in [0.4, 0.5) is 0 Å². The Bertz CT molecular complexity index is 421. The molecule has 0 bridgehead atoms. The van der Waals surface area contributed by atoms with Crippen LogP contribution in [0.5, 0.6) is 0 Å². The van der Waals surface area contributed by atoms with Crippen LogP contribution in [-0.2, 0) is 14.6 Å². The molecule has 2 heterocycles. The first kappa shape index (κ1) is 15.1. The molecule has 4 nitrogen and oxygen atoms in total. The van der Waals surface area contributed by atoms with Crippen molar-refractivity contribution < 1.29 is 13.2 Å². The zero-order chi connectivity index (χ0) is 13.8. The van der Waals surface area contributed by atoms with E-state index in [9.17, 15) is 8.42 Å². The SMILES string of the molecule is CC1(C)C(N2CCOCC2)[CH]([Sn]([CH3])([CH3])[CH3])S1(=O)=O. The van der Waals surface area contributed by atoms with E-state index < -0.39 is 33.0 Å². The Morgan fingerprint density at radius 1 is 1.17 bits per heavy atom. The molecule has 2 fully saturated rings. The molecule has 0 radical (unpaired) electrons. The fourth-order valence-corrected chi connectivity index (χ4v) is 21.6. The van der Waals surface area contributed by atoms with Crippen LogP contribution < -0.4 is 0 Å². The number of rotatable bonds is 2. The molecule has 2 aliphatic rings. The Kier molecular flexibility index (Phi) is 3.85. The van der Waals surface area contributed by atoms with Crippen LogP contribution in [0.3, 0.4) is 0 Å². The van der Waals surface area contributed by atoms with Crippen LogP contribution in [0.2, 0.25) is 14.8 Å². The van der Waals surface area contributed by atoms with Gasteiger partial charge in [-0.05, 0) is 0 Å². The number of nitrogens with zero attached hydrogens (tertiary/aromatic N) is 1. The first-order valence-corrected chi connectivity index (χ1v) is 18.4. The second-order valence-corrected chi connectivity index (χ2v) is 26.2. The van der Waals surface area contributed by atoms with E-state index in [4.69, 9.17) is 4.74 Å². The summed E-state index contributed by atoms with van der Waals surface area (Å²) in [5, 5.41) is 0. The molecule has 2 unspecified atom stereocenters. The summed E-state index contributed by atoms with van der Waals surface area (Å²) >= 11 is -2.49. The van der Waals surface area contributed by atoms with E-state index in [-0.39, 0.29) is 9.31 Å². The Morgan fingerprint density at radius 2 is 1.67 bits per heavy atom. The zero-order valence-corrected chi connectivity index (χ0v) is 15.7. The first-order valence-electron chi connectivity index (χ1n) is 6.65. The minimum atomic E-state index is -2.95. The van der Waals surface area contributed by atoms with Crippen molar-refractivity contribution in [2.45, 2.75) is 42.7 Å². The summed E-state index contributed by atoms with van der Waals surface area (Å²) in [6.45, 7) is 7.02. The predicted molar refractivity (Wildman–Crippen MR) is 76.3 cm³/mol. The molecule has 0 N–H and O–H groups in total. The predicted octanol–water partition coefficient (Wildman–Crippen LogP) is 1.14. The van der Waals surface area contributed by atoms with Gasteiger partial charge in [-0.1, -0.05) is 0 Å². The van der Waals surface area contributed by atoms with Crippen LogP contribution in [0, 0.1) is 0 Å². The van der Waals surface area contributed by atoms with Gasteiger partial charge < -0.3 is 0 Å². The summed E-state index contributed by atoms with van der Waals surface area (Å²) in [6.07, 6.45) is 0. The molecule has 2 atom stereocenters. The molecule has 18 heavy (non-hydrogen) atoms. The van der Waals surface area contributed by atoms with Crippen molar-refractivity contribution in [1.82, 2.24) is 4.90 Å². The Morgan fingerprint density at radius 3 is 2.11 bits per heavy atom. The topological polar surface area (TPSA) is 46.6 Å². The summed E-state index contributed by atoms with van der Waals surface area (Å²) in [5.74, 6) is 0. The molecule has 0 spiro atoms. The zero-order valence-electron chi connectivity index (χ0n) is 12.1. The van der Waals surface area contributed by atoms with Gasteiger partial charge in [0.2, 0.25) is 0 Å². The summed E-state index contributed by atoms with van der Waals surface area (Å²) in [6, 6.07) is 0.210. The summed E-state index contributed by atoms with van der Waals surface area (Å²) < 4.78 is 29.9. The van der Waals surface area contributed by atoms with Crippen molar-refractivity contribution >= 4 is 28.2 Å². The Balaban J connectivity index is 2.32. The monoisotopic (exact) mass is 383 g/mol. The van der Waals surface area contributed by atoms with Crippen molar-refractivity contribution in [2.24, 2.45) is 0 Å². The van der Waals surface area contributed by atoms with Gasteiger partial charge in [-0.3, -0.25) is 0 Å². The molecule has 2 rings (SSSR count). The average Bonchev–Trinajstić information content (AvgIpc) is 2.24. The molecular weight excluding hydrogens is 357 g/mol. The van der Waals surface area contributed by atoms with Crippen LogP contribution in [0.15, 0.2) is 0 Å². The molecule has 106 valence electrons. The van der Waals surface area contributed by atoms with E-state index in [2.05, 4.69) is 19.7 Å². The molecule has 6 heteroatoms. The van der Waals surface area contributed by atoms with E-state index in [1.54, 1.807) is 0 Å². The standard InChI is InChI=1S/C9H16NO3S.3CH3.Sn/c1-9(2)8(7-14(9,11)12)10-3-5-13-6-4-10;;;;/h7-8H,3-6H2,1-2H3;3*1H3;. The number of hydrogen-bond acceptors (Lipinski definition) is 4. The third-order valence-electron chi connectivity index (χ3n) is 4.36. The number of morpholine rings is 1. The van der Waals surface area contributed by atoms with Gasteiger partial charge in [0.1, 0.15) is 0 Å². The van der Waals surface area contributed by atoms with E-state index in [0.717, 1.165) is 26.3 Å². The van der Waals surface area contributed by atoms with Gasteiger partial charge in [-0.2, -0.15) is 0 Å². The number of ether oxygens (including phenoxy) is 1. The second-order valence-electron chi connectivity index (χ2n) is 7.03. The van der Waals surface area contributed by atoms with Crippen molar-refractivity contribution in [3.63, 3.8) is 0 Å². The van der Waals surface area contributed by atoms with Crippen molar-refractivity contribution in [2.75, 3.05) is 26.3 Å². The van der Waals surface area contributed by atoms with E-state index in [0.29, 0.717) is 0 Å².